The molecule has 0 radical (unpaired) electrons. The molecular weight excluding hydrogens is 362 g/mol. The number of nitrogens with one attached hydrogen (secondary N) is 1. The molecule has 1 fully saturated rings. The summed E-state index contributed by atoms with van der Waals surface area (Å²) in [4.78, 5) is 38.4. The van der Waals surface area contributed by atoms with E-state index in [-0.39, 0.29) is 37.3 Å². The zero-order valence-corrected chi connectivity index (χ0v) is 15.5. The number of para-hydroxylation sites is 1. The largest absolute Gasteiger partial charge is 0.493 e. The first-order valence-electron chi connectivity index (χ1n) is 8.23. The zero-order valence-electron chi connectivity index (χ0n) is 14.6. The van der Waals surface area contributed by atoms with Gasteiger partial charge in [0.15, 0.2) is 0 Å². The molecule has 1 heterocycles. The van der Waals surface area contributed by atoms with Gasteiger partial charge >= 0.3 is 5.97 Å². The third kappa shape index (κ3) is 6.20. The smallest absolute Gasteiger partial charge is 0.322 e. The van der Waals surface area contributed by atoms with Crippen LogP contribution in [0.2, 0.25) is 0 Å². The number of carbonyl (C=O) groups is 3. The maximum absolute atomic E-state index is 12.7. The van der Waals surface area contributed by atoms with Crippen LogP contribution in [0.1, 0.15) is 17.3 Å². The average molecular weight is 386 g/mol. The molecule has 1 aromatic rings. The lowest BCUT2D eigenvalue weighted by molar-refractivity contribution is -0.138. The lowest BCUT2D eigenvalue weighted by Crippen LogP contribution is -2.51. The molecule has 0 saturated carbocycles. The number of halogens is 1. The quantitative estimate of drug-likeness (QED) is 0.707. The number of carboxylic acids is 1. The zero-order chi connectivity index (χ0) is 18.2. The number of carboxylic acid groups (broad SMARTS) is 1. The minimum atomic E-state index is -1.07. The summed E-state index contributed by atoms with van der Waals surface area (Å²) >= 11 is 0. The predicted octanol–water partition coefficient (Wildman–Crippen LogP) is 0.466. The molecule has 9 heteroatoms. The molecule has 0 unspecified atom stereocenters. The van der Waals surface area contributed by atoms with E-state index < -0.39 is 5.97 Å². The maximum atomic E-state index is 12.7. The van der Waals surface area contributed by atoms with Crippen molar-refractivity contribution in [3.05, 3.63) is 29.8 Å². The lowest BCUT2D eigenvalue weighted by atomic mass is 10.1. The molecule has 1 saturated heterocycles. The summed E-state index contributed by atoms with van der Waals surface area (Å²) in [6.45, 7) is 4.23. The summed E-state index contributed by atoms with van der Waals surface area (Å²) in [5, 5.41) is 10.9. The van der Waals surface area contributed by atoms with Crippen LogP contribution in [0.4, 0.5) is 0 Å². The van der Waals surface area contributed by atoms with Crippen LogP contribution in [0, 0.1) is 0 Å². The first-order valence-corrected chi connectivity index (χ1v) is 8.23. The first kappa shape index (κ1) is 21.7. The van der Waals surface area contributed by atoms with Crippen LogP contribution < -0.4 is 10.1 Å². The summed E-state index contributed by atoms with van der Waals surface area (Å²) in [6, 6.07) is 7.16. The van der Waals surface area contributed by atoms with Crippen LogP contribution in [0.3, 0.4) is 0 Å². The second kappa shape index (κ2) is 10.6. The van der Waals surface area contributed by atoms with Crippen LogP contribution in [0.25, 0.3) is 0 Å². The number of carbonyl (C=O) groups excluding carboxylic acids is 2. The molecule has 2 amide bonds. The first-order chi connectivity index (χ1) is 12.0. The van der Waals surface area contributed by atoms with Crippen LogP contribution in [0.5, 0.6) is 5.75 Å². The number of ether oxygens (including phenoxy) is 1. The summed E-state index contributed by atoms with van der Waals surface area (Å²) in [5.41, 5.74) is 0.539. The Morgan fingerprint density at radius 2 is 1.81 bits per heavy atom. The number of amides is 2. The Balaban J connectivity index is 0.00000338. The number of hydrogen-bond acceptors (Lipinski definition) is 5. The highest BCUT2D eigenvalue weighted by atomic mass is 35.5. The van der Waals surface area contributed by atoms with Gasteiger partial charge in [0.1, 0.15) is 12.3 Å². The van der Waals surface area contributed by atoms with Gasteiger partial charge < -0.3 is 20.1 Å². The highest BCUT2D eigenvalue weighted by Crippen LogP contribution is 2.20. The second-order valence-electron chi connectivity index (χ2n) is 5.67. The SMILES string of the molecule is CCOc1ccccc1C(=O)N1CCN(CC(=O)NCC(=O)O)CC1.Cl. The minimum absolute atomic E-state index is 0. The van der Waals surface area contributed by atoms with E-state index in [0.717, 1.165) is 0 Å². The van der Waals surface area contributed by atoms with Gasteiger partial charge in [-0.3, -0.25) is 19.3 Å². The van der Waals surface area contributed by atoms with Crippen molar-refractivity contribution in [2.75, 3.05) is 45.9 Å². The van der Waals surface area contributed by atoms with Crippen molar-refractivity contribution in [2.45, 2.75) is 6.92 Å². The van der Waals surface area contributed by atoms with Gasteiger partial charge in [-0.1, -0.05) is 12.1 Å². The van der Waals surface area contributed by atoms with Crippen molar-refractivity contribution in [1.82, 2.24) is 15.1 Å². The monoisotopic (exact) mass is 385 g/mol. The molecular formula is C17H24ClN3O5. The van der Waals surface area contributed by atoms with Gasteiger partial charge in [-0.25, -0.2) is 0 Å². The van der Waals surface area contributed by atoms with Gasteiger partial charge in [0.05, 0.1) is 18.7 Å². The fraction of sp³-hybridized carbons (Fsp3) is 0.471. The number of aliphatic carboxylic acids is 1. The van der Waals surface area contributed by atoms with Crippen molar-refractivity contribution in [1.29, 1.82) is 0 Å². The van der Waals surface area contributed by atoms with Gasteiger partial charge in [-0.05, 0) is 19.1 Å². The topological polar surface area (TPSA) is 99.2 Å². The van der Waals surface area contributed by atoms with E-state index in [4.69, 9.17) is 9.84 Å². The van der Waals surface area contributed by atoms with Crippen LogP contribution in [0.15, 0.2) is 24.3 Å². The second-order valence-corrected chi connectivity index (χ2v) is 5.67. The Morgan fingerprint density at radius 3 is 2.42 bits per heavy atom. The Bertz CT molecular complexity index is 633. The van der Waals surface area contributed by atoms with E-state index in [0.29, 0.717) is 44.1 Å². The molecule has 1 aliphatic heterocycles. The van der Waals surface area contributed by atoms with E-state index in [1.54, 1.807) is 23.1 Å². The standard InChI is InChI=1S/C17H23N3O5.ClH/c1-2-25-14-6-4-3-5-13(14)17(24)20-9-7-19(8-10-20)12-15(21)18-11-16(22)23;/h3-6H,2,7-12H2,1H3,(H,18,21)(H,22,23);1H. The molecule has 0 spiro atoms. The van der Waals surface area contributed by atoms with Crippen molar-refractivity contribution in [3.8, 4) is 5.75 Å². The van der Waals surface area contributed by atoms with Crippen molar-refractivity contribution >= 4 is 30.2 Å². The molecule has 0 atom stereocenters. The Kier molecular flexibility index (Phi) is 8.87. The highest BCUT2D eigenvalue weighted by molar-refractivity contribution is 5.97. The Hall–Kier alpha value is -2.32. The molecule has 1 aliphatic rings. The van der Waals surface area contributed by atoms with E-state index in [1.807, 2.05) is 17.9 Å². The Morgan fingerprint density at radius 1 is 1.15 bits per heavy atom. The number of piperazine rings is 1. The van der Waals surface area contributed by atoms with Gasteiger partial charge in [0.2, 0.25) is 5.91 Å². The molecule has 8 nitrogen and oxygen atoms in total. The summed E-state index contributed by atoms with van der Waals surface area (Å²) < 4.78 is 5.51. The molecule has 0 aromatic heterocycles. The van der Waals surface area contributed by atoms with E-state index in [2.05, 4.69) is 5.32 Å². The third-order valence-electron chi connectivity index (χ3n) is 3.88. The number of hydrogen-bond donors (Lipinski definition) is 2. The fourth-order valence-corrected chi connectivity index (χ4v) is 2.64. The van der Waals surface area contributed by atoms with Crippen LogP contribution in [-0.2, 0) is 9.59 Å². The normalized spacial score (nSPS) is 14.3. The predicted molar refractivity (Wildman–Crippen MR) is 97.8 cm³/mol. The van der Waals surface area contributed by atoms with Crippen molar-refractivity contribution in [3.63, 3.8) is 0 Å². The number of nitrogens with zero attached hydrogens (tertiary/aromatic N) is 2. The van der Waals surface area contributed by atoms with E-state index >= 15 is 0 Å². The number of benzene rings is 1. The molecule has 26 heavy (non-hydrogen) atoms. The molecule has 1 aromatic carbocycles. The fourth-order valence-electron chi connectivity index (χ4n) is 2.64. The average Bonchev–Trinajstić information content (AvgIpc) is 2.61. The molecule has 0 aliphatic carbocycles. The molecule has 2 rings (SSSR count). The summed E-state index contributed by atoms with van der Waals surface area (Å²) in [7, 11) is 0. The minimum Gasteiger partial charge on any atom is -0.493 e. The lowest BCUT2D eigenvalue weighted by Gasteiger charge is -2.34. The van der Waals surface area contributed by atoms with Gasteiger partial charge in [-0.15, -0.1) is 12.4 Å². The maximum Gasteiger partial charge on any atom is 0.322 e. The van der Waals surface area contributed by atoms with Crippen molar-refractivity contribution < 1.29 is 24.2 Å². The van der Waals surface area contributed by atoms with E-state index in [9.17, 15) is 14.4 Å². The highest BCUT2D eigenvalue weighted by Gasteiger charge is 2.25. The molecule has 144 valence electrons. The number of rotatable bonds is 7. The van der Waals surface area contributed by atoms with E-state index in [1.165, 1.54) is 0 Å². The third-order valence-corrected chi connectivity index (χ3v) is 3.88. The Labute approximate surface area is 158 Å². The molecule has 0 bridgehead atoms. The van der Waals surface area contributed by atoms with Gasteiger partial charge in [-0.2, -0.15) is 0 Å². The summed E-state index contributed by atoms with van der Waals surface area (Å²) in [5.74, 6) is -0.912. The summed E-state index contributed by atoms with van der Waals surface area (Å²) in [6.07, 6.45) is 0. The van der Waals surface area contributed by atoms with Crippen LogP contribution in [-0.4, -0.2) is 78.6 Å². The molecule has 2 N–H and O–H groups in total. The van der Waals surface area contributed by atoms with Gasteiger partial charge in [0.25, 0.3) is 5.91 Å². The van der Waals surface area contributed by atoms with Gasteiger partial charge in [0, 0.05) is 26.2 Å². The van der Waals surface area contributed by atoms with Crippen molar-refractivity contribution in [2.24, 2.45) is 0 Å². The van der Waals surface area contributed by atoms with Crippen LogP contribution >= 0.6 is 12.4 Å².